The first-order chi connectivity index (χ1) is 7.11. The zero-order valence-electron chi connectivity index (χ0n) is 8.99. The number of nitrogens with one attached hydrogen (secondary N) is 1. The molecule has 0 aliphatic carbocycles. The lowest BCUT2D eigenvalue weighted by molar-refractivity contribution is -0.143. The van der Waals surface area contributed by atoms with Crippen molar-refractivity contribution in [2.24, 2.45) is 11.5 Å². The minimum atomic E-state index is -0.516. The van der Waals surface area contributed by atoms with Crippen molar-refractivity contribution >= 4 is 11.9 Å². The van der Waals surface area contributed by atoms with Crippen molar-refractivity contribution in [3.05, 3.63) is 0 Å². The van der Waals surface area contributed by atoms with Gasteiger partial charge in [0.15, 0.2) is 0 Å². The normalized spacial score (nSPS) is 12.1. The zero-order chi connectivity index (χ0) is 11.7. The Morgan fingerprint density at radius 3 is 2.60 bits per heavy atom. The van der Waals surface area contributed by atoms with Crippen molar-refractivity contribution in [1.82, 2.24) is 5.32 Å². The SMILES string of the molecule is CCOC(=O)CC[C@@H](NCCN)C(N)=O. The van der Waals surface area contributed by atoms with Crippen LogP contribution in [0.15, 0.2) is 0 Å². The van der Waals surface area contributed by atoms with Crippen LogP contribution in [0.5, 0.6) is 0 Å². The summed E-state index contributed by atoms with van der Waals surface area (Å²) in [7, 11) is 0. The summed E-state index contributed by atoms with van der Waals surface area (Å²) in [5, 5.41) is 2.86. The summed E-state index contributed by atoms with van der Waals surface area (Å²) in [5.41, 5.74) is 10.4. The predicted molar refractivity (Wildman–Crippen MR) is 55.9 cm³/mol. The van der Waals surface area contributed by atoms with E-state index in [0.717, 1.165) is 0 Å². The van der Waals surface area contributed by atoms with Crippen LogP contribution in [0.25, 0.3) is 0 Å². The molecule has 0 aromatic carbocycles. The van der Waals surface area contributed by atoms with Crippen LogP contribution < -0.4 is 16.8 Å². The summed E-state index contributed by atoms with van der Waals surface area (Å²) in [6.45, 7) is 2.99. The molecule has 0 bridgehead atoms. The molecule has 88 valence electrons. The number of amides is 1. The average Bonchev–Trinajstić information content (AvgIpc) is 2.17. The van der Waals surface area contributed by atoms with Gasteiger partial charge < -0.3 is 21.5 Å². The van der Waals surface area contributed by atoms with E-state index in [0.29, 0.717) is 26.1 Å². The van der Waals surface area contributed by atoms with Gasteiger partial charge >= 0.3 is 5.97 Å². The highest BCUT2D eigenvalue weighted by Gasteiger charge is 2.15. The Morgan fingerprint density at radius 2 is 2.13 bits per heavy atom. The number of rotatable bonds is 8. The topological polar surface area (TPSA) is 107 Å². The number of carbonyl (C=O) groups excluding carboxylic acids is 2. The smallest absolute Gasteiger partial charge is 0.305 e. The Kier molecular flexibility index (Phi) is 7.57. The molecule has 15 heavy (non-hydrogen) atoms. The molecule has 0 aromatic rings. The van der Waals surface area contributed by atoms with Crippen molar-refractivity contribution in [2.45, 2.75) is 25.8 Å². The standard InChI is InChI=1S/C9H19N3O3/c1-2-15-8(13)4-3-7(9(11)14)12-6-5-10/h7,12H,2-6,10H2,1H3,(H2,11,14)/t7-/m1/s1. The molecule has 0 saturated heterocycles. The van der Waals surface area contributed by atoms with Gasteiger partial charge in [0.2, 0.25) is 5.91 Å². The number of carbonyl (C=O) groups is 2. The molecule has 0 saturated carbocycles. The molecule has 0 rings (SSSR count). The highest BCUT2D eigenvalue weighted by Crippen LogP contribution is 1.98. The van der Waals surface area contributed by atoms with Crippen molar-refractivity contribution in [3.8, 4) is 0 Å². The first-order valence-corrected chi connectivity index (χ1v) is 5.00. The molecule has 0 aromatic heterocycles. The maximum absolute atomic E-state index is 11.0. The van der Waals surface area contributed by atoms with Gasteiger partial charge in [0.25, 0.3) is 0 Å². The molecule has 1 atom stereocenters. The summed E-state index contributed by atoms with van der Waals surface area (Å²) in [4.78, 5) is 22.0. The van der Waals surface area contributed by atoms with E-state index in [1.54, 1.807) is 6.92 Å². The molecule has 0 heterocycles. The van der Waals surface area contributed by atoms with Gasteiger partial charge in [-0.05, 0) is 13.3 Å². The molecule has 0 aliphatic heterocycles. The Bertz CT molecular complexity index is 207. The molecule has 0 radical (unpaired) electrons. The third-order valence-electron chi connectivity index (χ3n) is 1.82. The minimum Gasteiger partial charge on any atom is -0.466 e. The lowest BCUT2D eigenvalue weighted by Gasteiger charge is -2.13. The first-order valence-electron chi connectivity index (χ1n) is 5.00. The molecular formula is C9H19N3O3. The van der Waals surface area contributed by atoms with Crippen molar-refractivity contribution < 1.29 is 14.3 Å². The van der Waals surface area contributed by atoms with Gasteiger partial charge in [-0.25, -0.2) is 0 Å². The van der Waals surface area contributed by atoms with Crippen LogP contribution in [-0.2, 0) is 14.3 Å². The van der Waals surface area contributed by atoms with E-state index in [4.69, 9.17) is 16.2 Å². The second kappa shape index (κ2) is 8.19. The maximum atomic E-state index is 11.0. The fourth-order valence-electron chi connectivity index (χ4n) is 1.10. The first kappa shape index (κ1) is 13.9. The molecule has 0 spiro atoms. The molecule has 0 fully saturated rings. The minimum absolute atomic E-state index is 0.180. The molecule has 6 heteroatoms. The van der Waals surface area contributed by atoms with E-state index in [-0.39, 0.29) is 12.4 Å². The van der Waals surface area contributed by atoms with Gasteiger partial charge in [0, 0.05) is 19.5 Å². The van der Waals surface area contributed by atoms with Crippen LogP contribution in [-0.4, -0.2) is 37.6 Å². The Hall–Kier alpha value is -1.14. The summed E-state index contributed by atoms with van der Waals surface area (Å²) < 4.78 is 4.73. The number of nitrogens with two attached hydrogens (primary N) is 2. The Morgan fingerprint density at radius 1 is 1.47 bits per heavy atom. The van der Waals surface area contributed by atoms with Crippen molar-refractivity contribution in [2.75, 3.05) is 19.7 Å². The number of hydrogen-bond acceptors (Lipinski definition) is 5. The number of ether oxygens (including phenoxy) is 1. The third-order valence-corrected chi connectivity index (χ3v) is 1.82. The summed E-state index contributed by atoms with van der Waals surface area (Å²) in [5.74, 6) is -0.800. The molecule has 6 nitrogen and oxygen atoms in total. The summed E-state index contributed by atoms with van der Waals surface area (Å²) >= 11 is 0. The zero-order valence-corrected chi connectivity index (χ0v) is 8.99. The van der Waals surface area contributed by atoms with Crippen molar-refractivity contribution in [3.63, 3.8) is 0 Å². The monoisotopic (exact) mass is 217 g/mol. The highest BCUT2D eigenvalue weighted by molar-refractivity contribution is 5.80. The van der Waals surface area contributed by atoms with Crippen LogP contribution in [0.2, 0.25) is 0 Å². The van der Waals surface area contributed by atoms with Gasteiger partial charge in [-0.2, -0.15) is 0 Å². The number of primary amides is 1. The molecule has 0 unspecified atom stereocenters. The molecular weight excluding hydrogens is 198 g/mol. The average molecular weight is 217 g/mol. The van der Waals surface area contributed by atoms with Gasteiger partial charge in [-0.15, -0.1) is 0 Å². The number of hydrogen-bond donors (Lipinski definition) is 3. The fourth-order valence-corrected chi connectivity index (χ4v) is 1.10. The van der Waals surface area contributed by atoms with Gasteiger partial charge in [-0.3, -0.25) is 9.59 Å². The second-order valence-corrected chi connectivity index (χ2v) is 3.04. The van der Waals surface area contributed by atoms with E-state index in [9.17, 15) is 9.59 Å². The van der Waals surface area contributed by atoms with Crippen LogP contribution in [0.4, 0.5) is 0 Å². The largest absolute Gasteiger partial charge is 0.466 e. The van der Waals surface area contributed by atoms with Crippen LogP contribution in [0.1, 0.15) is 19.8 Å². The van der Waals surface area contributed by atoms with E-state index < -0.39 is 11.9 Å². The van der Waals surface area contributed by atoms with E-state index in [1.807, 2.05) is 0 Å². The van der Waals surface area contributed by atoms with Crippen LogP contribution in [0.3, 0.4) is 0 Å². The second-order valence-electron chi connectivity index (χ2n) is 3.04. The molecule has 5 N–H and O–H groups in total. The summed E-state index contributed by atoms with van der Waals surface area (Å²) in [6, 6.07) is -0.516. The van der Waals surface area contributed by atoms with E-state index >= 15 is 0 Å². The quantitative estimate of drug-likeness (QED) is 0.439. The van der Waals surface area contributed by atoms with Gasteiger partial charge in [0.1, 0.15) is 0 Å². The fraction of sp³-hybridized carbons (Fsp3) is 0.778. The van der Waals surface area contributed by atoms with Gasteiger partial charge in [-0.1, -0.05) is 0 Å². The van der Waals surface area contributed by atoms with E-state index in [2.05, 4.69) is 5.32 Å². The molecule has 0 aliphatic rings. The lowest BCUT2D eigenvalue weighted by Crippen LogP contribution is -2.43. The lowest BCUT2D eigenvalue weighted by atomic mass is 10.1. The van der Waals surface area contributed by atoms with Crippen LogP contribution >= 0.6 is 0 Å². The van der Waals surface area contributed by atoms with E-state index in [1.165, 1.54) is 0 Å². The molecule has 1 amide bonds. The third kappa shape index (κ3) is 6.87. The number of esters is 1. The maximum Gasteiger partial charge on any atom is 0.305 e. The van der Waals surface area contributed by atoms with Gasteiger partial charge in [0.05, 0.1) is 12.6 Å². The Balaban J connectivity index is 3.85. The predicted octanol–water partition coefficient (Wildman–Crippen LogP) is -1.27. The van der Waals surface area contributed by atoms with Crippen molar-refractivity contribution in [1.29, 1.82) is 0 Å². The Labute approximate surface area is 89.3 Å². The summed E-state index contributed by atoms with van der Waals surface area (Å²) in [6.07, 6.45) is 0.521. The van der Waals surface area contributed by atoms with Crippen LogP contribution in [0, 0.1) is 0 Å². The highest BCUT2D eigenvalue weighted by atomic mass is 16.5.